The van der Waals surface area contributed by atoms with Gasteiger partial charge in [-0.25, -0.2) is 4.98 Å². The molecule has 0 saturated carbocycles. The molecule has 108 valence electrons. The molecule has 0 fully saturated rings. The van der Waals surface area contributed by atoms with Crippen molar-refractivity contribution in [1.82, 2.24) is 15.3 Å². The highest BCUT2D eigenvalue weighted by Crippen LogP contribution is 2.30. The van der Waals surface area contributed by atoms with E-state index in [-0.39, 0.29) is 6.04 Å². The van der Waals surface area contributed by atoms with Crippen LogP contribution in [0.15, 0.2) is 35.1 Å². The predicted molar refractivity (Wildman–Crippen MR) is 84.0 cm³/mol. The highest BCUT2D eigenvalue weighted by molar-refractivity contribution is 9.10. The van der Waals surface area contributed by atoms with Crippen molar-refractivity contribution in [2.24, 2.45) is 0 Å². The van der Waals surface area contributed by atoms with Gasteiger partial charge in [0.1, 0.15) is 11.6 Å². The summed E-state index contributed by atoms with van der Waals surface area (Å²) in [6.07, 6.45) is 5.54. The molecule has 2 rings (SSSR count). The third-order valence-corrected chi connectivity index (χ3v) is 3.66. The highest BCUT2D eigenvalue weighted by Gasteiger charge is 2.17. The second-order valence-corrected chi connectivity index (χ2v) is 5.55. The van der Waals surface area contributed by atoms with E-state index >= 15 is 0 Å². The maximum atomic E-state index is 5.51. The molecule has 0 spiro atoms. The van der Waals surface area contributed by atoms with Gasteiger partial charge in [-0.3, -0.25) is 0 Å². The lowest BCUT2D eigenvalue weighted by Gasteiger charge is -2.20. The minimum atomic E-state index is 0.184. The van der Waals surface area contributed by atoms with Gasteiger partial charge in [0, 0.05) is 34.9 Å². The van der Waals surface area contributed by atoms with Gasteiger partial charge in [0.05, 0.1) is 7.11 Å². The molecule has 0 aliphatic carbocycles. The largest absolute Gasteiger partial charge is 0.496 e. The number of nitrogens with one attached hydrogen (secondary N) is 2. The van der Waals surface area contributed by atoms with Crippen LogP contribution in [0.2, 0.25) is 0 Å². The van der Waals surface area contributed by atoms with Crippen molar-refractivity contribution in [3.05, 3.63) is 46.5 Å². The number of benzene rings is 1. The zero-order valence-electron chi connectivity index (χ0n) is 11.8. The lowest BCUT2D eigenvalue weighted by atomic mass is 10.0. The number of hydrogen-bond acceptors (Lipinski definition) is 3. The Morgan fingerprint density at radius 2 is 2.30 bits per heavy atom. The molecule has 2 N–H and O–H groups in total. The number of hydrogen-bond donors (Lipinski definition) is 2. The number of H-pyrrole nitrogens is 1. The molecule has 2 aromatic rings. The number of nitrogens with zero attached hydrogens (tertiary/aromatic N) is 1. The molecule has 0 bridgehead atoms. The van der Waals surface area contributed by atoms with Crippen molar-refractivity contribution in [2.45, 2.75) is 25.8 Å². The number of rotatable bonds is 7. The minimum absolute atomic E-state index is 0.184. The zero-order chi connectivity index (χ0) is 14.4. The predicted octanol–water partition coefficient (Wildman–Crippen LogP) is 3.46. The average molecular weight is 338 g/mol. The Morgan fingerprint density at radius 3 is 2.95 bits per heavy atom. The Morgan fingerprint density at radius 1 is 1.45 bits per heavy atom. The van der Waals surface area contributed by atoms with Crippen LogP contribution >= 0.6 is 15.9 Å². The Bertz CT molecular complexity index is 528. The summed E-state index contributed by atoms with van der Waals surface area (Å²) in [7, 11) is 1.70. The molecule has 4 nitrogen and oxygen atoms in total. The summed E-state index contributed by atoms with van der Waals surface area (Å²) in [5.41, 5.74) is 1.15. The van der Waals surface area contributed by atoms with Crippen molar-refractivity contribution in [3.8, 4) is 5.75 Å². The Balaban J connectivity index is 2.25. The maximum Gasteiger partial charge on any atom is 0.124 e. The Labute approximate surface area is 128 Å². The summed E-state index contributed by atoms with van der Waals surface area (Å²) in [6.45, 7) is 3.13. The first-order valence-corrected chi connectivity index (χ1v) is 7.59. The molecule has 1 heterocycles. The number of aromatic amines is 1. The van der Waals surface area contributed by atoms with E-state index in [0.29, 0.717) is 0 Å². The van der Waals surface area contributed by atoms with E-state index in [1.807, 2.05) is 18.3 Å². The number of aromatic nitrogens is 2. The fraction of sp³-hybridized carbons (Fsp3) is 0.400. The quantitative estimate of drug-likeness (QED) is 0.813. The first kappa shape index (κ1) is 15.1. The van der Waals surface area contributed by atoms with Crippen LogP contribution in [0.5, 0.6) is 5.75 Å². The summed E-state index contributed by atoms with van der Waals surface area (Å²) in [4.78, 5) is 7.48. The lowest BCUT2D eigenvalue weighted by molar-refractivity contribution is 0.397. The molecule has 0 saturated heterocycles. The standard InChI is InChI=1S/C15H20BrN3O/c1-3-6-17-13(10-15-18-7-8-19-15)12-5-4-11(16)9-14(12)20-2/h4-5,7-9,13,17H,3,6,10H2,1-2H3,(H,18,19). The van der Waals surface area contributed by atoms with Gasteiger partial charge in [-0.05, 0) is 25.1 Å². The molecule has 1 atom stereocenters. The molecule has 1 unspecified atom stereocenters. The molecule has 0 aliphatic rings. The molecule has 1 aromatic heterocycles. The minimum Gasteiger partial charge on any atom is -0.496 e. The summed E-state index contributed by atoms with van der Waals surface area (Å²) in [5, 5.41) is 3.56. The summed E-state index contributed by atoms with van der Waals surface area (Å²) >= 11 is 3.48. The molecule has 0 amide bonds. The normalized spacial score (nSPS) is 12.3. The molecule has 0 aliphatic heterocycles. The van der Waals surface area contributed by atoms with Crippen LogP contribution in [-0.4, -0.2) is 23.6 Å². The van der Waals surface area contributed by atoms with Crippen molar-refractivity contribution >= 4 is 15.9 Å². The third-order valence-electron chi connectivity index (χ3n) is 3.16. The molecule has 5 heteroatoms. The van der Waals surface area contributed by atoms with E-state index in [1.165, 1.54) is 0 Å². The zero-order valence-corrected chi connectivity index (χ0v) is 13.4. The van der Waals surface area contributed by atoms with Gasteiger partial charge in [-0.2, -0.15) is 0 Å². The van der Waals surface area contributed by atoms with Gasteiger partial charge in [-0.15, -0.1) is 0 Å². The van der Waals surface area contributed by atoms with Crippen LogP contribution in [0.4, 0.5) is 0 Å². The van der Waals surface area contributed by atoms with E-state index in [9.17, 15) is 0 Å². The van der Waals surface area contributed by atoms with Crippen LogP contribution in [0.1, 0.15) is 30.8 Å². The smallest absolute Gasteiger partial charge is 0.124 e. The van der Waals surface area contributed by atoms with E-state index in [4.69, 9.17) is 4.74 Å². The van der Waals surface area contributed by atoms with E-state index in [2.05, 4.69) is 44.2 Å². The molecule has 1 aromatic carbocycles. The average Bonchev–Trinajstić information content (AvgIpc) is 2.96. The van der Waals surface area contributed by atoms with Crippen LogP contribution in [-0.2, 0) is 6.42 Å². The number of halogens is 1. The second-order valence-electron chi connectivity index (χ2n) is 4.63. The lowest BCUT2D eigenvalue weighted by Crippen LogP contribution is -2.25. The van der Waals surface area contributed by atoms with Crippen LogP contribution in [0.3, 0.4) is 0 Å². The molecule has 20 heavy (non-hydrogen) atoms. The topological polar surface area (TPSA) is 49.9 Å². The number of methoxy groups -OCH3 is 1. The van der Waals surface area contributed by atoms with Crippen molar-refractivity contribution in [1.29, 1.82) is 0 Å². The van der Waals surface area contributed by atoms with Crippen molar-refractivity contribution in [2.75, 3.05) is 13.7 Å². The van der Waals surface area contributed by atoms with Gasteiger partial charge in [0.15, 0.2) is 0 Å². The second kappa shape index (κ2) is 7.45. The fourth-order valence-electron chi connectivity index (χ4n) is 2.19. The fourth-order valence-corrected chi connectivity index (χ4v) is 2.53. The van der Waals surface area contributed by atoms with Crippen LogP contribution < -0.4 is 10.1 Å². The summed E-state index contributed by atoms with van der Waals surface area (Å²) < 4.78 is 6.52. The first-order valence-electron chi connectivity index (χ1n) is 6.79. The molecule has 0 radical (unpaired) electrons. The van der Waals surface area contributed by atoms with Gasteiger partial charge < -0.3 is 15.0 Å². The molecular weight excluding hydrogens is 318 g/mol. The van der Waals surface area contributed by atoms with Crippen LogP contribution in [0.25, 0.3) is 0 Å². The Kier molecular flexibility index (Phi) is 5.61. The highest BCUT2D eigenvalue weighted by atomic mass is 79.9. The van der Waals surface area contributed by atoms with E-state index in [0.717, 1.165) is 41.0 Å². The van der Waals surface area contributed by atoms with Crippen LogP contribution in [0, 0.1) is 0 Å². The van der Waals surface area contributed by atoms with Gasteiger partial charge >= 0.3 is 0 Å². The number of imidazole rings is 1. The third kappa shape index (κ3) is 3.84. The van der Waals surface area contributed by atoms with Gasteiger partial charge in [0.2, 0.25) is 0 Å². The Hall–Kier alpha value is -1.33. The van der Waals surface area contributed by atoms with E-state index in [1.54, 1.807) is 13.3 Å². The number of ether oxygens (including phenoxy) is 1. The monoisotopic (exact) mass is 337 g/mol. The van der Waals surface area contributed by atoms with E-state index < -0.39 is 0 Å². The van der Waals surface area contributed by atoms with Crippen molar-refractivity contribution < 1.29 is 4.74 Å². The van der Waals surface area contributed by atoms with Crippen molar-refractivity contribution in [3.63, 3.8) is 0 Å². The summed E-state index contributed by atoms with van der Waals surface area (Å²) in [6, 6.07) is 6.32. The summed E-state index contributed by atoms with van der Waals surface area (Å²) in [5.74, 6) is 1.86. The molecular formula is C15H20BrN3O. The van der Waals surface area contributed by atoms with Gasteiger partial charge in [-0.1, -0.05) is 28.9 Å². The van der Waals surface area contributed by atoms with Gasteiger partial charge in [0.25, 0.3) is 0 Å². The first-order chi connectivity index (χ1) is 9.74. The maximum absolute atomic E-state index is 5.51. The SMILES string of the molecule is CCCNC(Cc1ncc[nH]1)c1ccc(Br)cc1OC.